The molecule has 0 saturated carbocycles. The Balaban J connectivity index is 3.04. The molecule has 0 spiro atoms. The molecule has 0 aliphatic carbocycles. The van der Waals surface area contributed by atoms with E-state index >= 15 is 0 Å². The highest BCUT2D eigenvalue weighted by molar-refractivity contribution is 14.1. The minimum Gasteiger partial charge on any atom is -0.398 e. The molecule has 1 rings (SSSR count). The predicted molar refractivity (Wildman–Crippen MR) is 68.0 cm³/mol. The zero-order valence-corrected chi connectivity index (χ0v) is 9.98. The van der Waals surface area contributed by atoms with Crippen LogP contribution in [-0.4, -0.2) is 8.70 Å². The van der Waals surface area contributed by atoms with Gasteiger partial charge in [0.1, 0.15) is 3.72 Å². The van der Waals surface area contributed by atoms with E-state index in [1.54, 1.807) is 18.2 Å². The molecule has 0 aliphatic rings. The smallest absolute Gasteiger partial charge is 0.222 e. The molecule has 15 heavy (non-hydrogen) atoms. The molecule has 0 bridgehead atoms. The molecule has 0 aromatic carbocycles. The molecule has 0 amide bonds. The highest BCUT2D eigenvalue weighted by Crippen LogP contribution is 2.12. The lowest BCUT2D eigenvalue weighted by Crippen LogP contribution is -2.02. The van der Waals surface area contributed by atoms with Crippen LogP contribution in [0.2, 0.25) is 0 Å². The maximum atomic E-state index is 13.2. The van der Waals surface area contributed by atoms with Gasteiger partial charge >= 0.3 is 0 Å². The van der Waals surface area contributed by atoms with Gasteiger partial charge in [0.05, 0.1) is 5.56 Å². The van der Waals surface area contributed by atoms with Gasteiger partial charge in [-0.25, -0.2) is 4.98 Å². The molecule has 0 radical (unpaired) electrons. The molecular formula is C10H9FIN3. The molecule has 0 atom stereocenters. The van der Waals surface area contributed by atoms with Crippen molar-refractivity contribution in [1.29, 1.82) is 0 Å². The van der Waals surface area contributed by atoms with Gasteiger partial charge in [-0.1, -0.05) is 6.58 Å². The van der Waals surface area contributed by atoms with Gasteiger partial charge in [-0.05, 0) is 40.8 Å². The van der Waals surface area contributed by atoms with Crippen LogP contribution >= 0.6 is 22.6 Å². The van der Waals surface area contributed by atoms with Crippen LogP contribution in [0, 0.1) is 5.95 Å². The van der Waals surface area contributed by atoms with E-state index in [1.807, 2.05) is 22.6 Å². The van der Waals surface area contributed by atoms with Crippen molar-refractivity contribution in [3.63, 3.8) is 0 Å². The van der Waals surface area contributed by atoms with Crippen molar-refractivity contribution in [2.45, 2.75) is 0 Å². The van der Waals surface area contributed by atoms with Crippen molar-refractivity contribution in [3.05, 3.63) is 48.7 Å². The monoisotopic (exact) mass is 317 g/mol. The number of aromatic nitrogens is 1. The Bertz CT molecular complexity index is 426. The normalized spacial score (nSPS) is 12.7. The fourth-order valence-electron chi connectivity index (χ4n) is 0.932. The third-order valence-corrected chi connectivity index (χ3v) is 2.15. The number of nitrogens with zero attached hydrogens (tertiary/aromatic N) is 2. The zero-order chi connectivity index (χ0) is 11.3. The first-order valence-corrected chi connectivity index (χ1v) is 5.15. The van der Waals surface area contributed by atoms with Crippen molar-refractivity contribution in [2.75, 3.05) is 0 Å². The molecule has 5 heteroatoms. The lowest BCUT2D eigenvalue weighted by molar-refractivity contribution is 0.579. The quantitative estimate of drug-likeness (QED) is 0.529. The summed E-state index contributed by atoms with van der Waals surface area (Å²) in [4.78, 5) is 7.39. The van der Waals surface area contributed by atoms with Crippen LogP contribution in [0.25, 0.3) is 5.70 Å². The summed E-state index contributed by atoms with van der Waals surface area (Å²) in [7, 11) is 0. The number of halogens is 2. The van der Waals surface area contributed by atoms with E-state index in [2.05, 4.69) is 16.6 Å². The van der Waals surface area contributed by atoms with E-state index in [1.165, 1.54) is 12.4 Å². The summed E-state index contributed by atoms with van der Waals surface area (Å²) in [6.45, 7) is 3.45. The van der Waals surface area contributed by atoms with Crippen LogP contribution < -0.4 is 5.73 Å². The molecule has 0 unspecified atom stereocenters. The van der Waals surface area contributed by atoms with Crippen LogP contribution in [0.5, 0.6) is 0 Å². The number of nitrogens with two attached hydrogens (primary N) is 1. The fraction of sp³-hybridized carbons (Fsp3) is 0. The Morgan fingerprint density at radius 3 is 3.00 bits per heavy atom. The standard InChI is InChI=1S/C10H9FIN3/c1-2-14-9(12)6-8(13)7-4-3-5-15-10(7)11/h2-6H,1,13H2/b8-6-,14-9?. The first-order chi connectivity index (χ1) is 7.15. The lowest BCUT2D eigenvalue weighted by atomic mass is 10.2. The van der Waals surface area contributed by atoms with Gasteiger partial charge in [-0.15, -0.1) is 0 Å². The average Bonchev–Trinajstić information content (AvgIpc) is 2.18. The Morgan fingerprint density at radius 2 is 2.40 bits per heavy atom. The van der Waals surface area contributed by atoms with E-state index in [-0.39, 0.29) is 11.3 Å². The Hall–Kier alpha value is -1.24. The third kappa shape index (κ3) is 3.43. The zero-order valence-electron chi connectivity index (χ0n) is 7.82. The van der Waals surface area contributed by atoms with Crippen LogP contribution in [-0.2, 0) is 0 Å². The summed E-state index contributed by atoms with van der Waals surface area (Å²) in [5.74, 6) is -0.589. The molecule has 2 N–H and O–H groups in total. The highest BCUT2D eigenvalue weighted by Gasteiger charge is 2.04. The number of rotatable bonds is 3. The minimum absolute atomic E-state index is 0.269. The van der Waals surface area contributed by atoms with Gasteiger partial charge in [0, 0.05) is 18.1 Å². The van der Waals surface area contributed by atoms with Crippen LogP contribution in [0.3, 0.4) is 0 Å². The Morgan fingerprint density at radius 1 is 1.67 bits per heavy atom. The summed E-state index contributed by atoms with van der Waals surface area (Å²) in [5.41, 5.74) is 6.25. The summed E-state index contributed by atoms with van der Waals surface area (Å²) in [5, 5.41) is 0. The molecule has 78 valence electrons. The number of aliphatic imine (C=N–C) groups is 1. The number of hydrogen-bond acceptors (Lipinski definition) is 3. The van der Waals surface area contributed by atoms with Gasteiger partial charge in [0.15, 0.2) is 0 Å². The van der Waals surface area contributed by atoms with Crippen molar-refractivity contribution < 1.29 is 4.39 Å². The van der Waals surface area contributed by atoms with E-state index < -0.39 is 5.95 Å². The average molecular weight is 317 g/mol. The second kappa shape index (κ2) is 5.59. The Kier molecular flexibility index (Phi) is 4.41. The third-order valence-electron chi connectivity index (χ3n) is 1.56. The number of pyridine rings is 1. The fourth-order valence-corrected chi connectivity index (χ4v) is 1.46. The van der Waals surface area contributed by atoms with Crippen molar-refractivity contribution in [2.24, 2.45) is 10.7 Å². The van der Waals surface area contributed by atoms with Gasteiger partial charge in [0.2, 0.25) is 5.95 Å². The van der Waals surface area contributed by atoms with E-state index in [0.717, 1.165) is 0 Å². The van der Waals surface area contributed by atoms with Gasteiger partial charge in [-0.3, -0.25) is 4.99 Å². The largest absolute Gasteiger partial charge is 0.398 e. The summed E-state index contributed by atoms with van der Waals surface area (Å²) >= 11 is 1.97. The van der Waals surface area contributed by atoms with Crippen molar-refractivity contribution in [3.8, 4) is 0 Å². The first kappa shape index (κ1) is 11.8. The second-order valence-electron chi connectivity index (χ2n) is 2.58. The molecule has 1 heterocycles. The van der Waals surface area contributed by atoms with Gasteiger partial charge in [0.25, 0.3) is 0 Å². The lowest BCUT2D eigenvalue weighted by Gasteiger charge is -2.01. The topological polar surface area (TPSA) is 51.3 Å². The molecule has 0 aliphatic heterocycles. The molecule has 0 fully saturated rings. The second-order valence-corrected chi connectivity index (χ2v) is 3.68. The summed E-state index contributed by atoms with van der Waals surface area (Å²) < 4.78 is 13.8. The molecule has 1 aromatic rings. The molecule has 1 aromatic heterocycles. The maximum Gasteiger partial charge on any atom is 0.222 e. The SMILES string of the molecule is C=CN=C(I)/C=C(\N)c1cccnc1F. The minimum atomic E-state index is -0.589. The Labute approximate surface area is 101 Å². The van der Waals surface area contributed by atoms with Crippen LogP contribution in [0.15, 0.2) is 42.2 Å². The van der Waals surface area contributed by atoms with Crippen LogP contribution in [0.1, 0.15) is 5.56 Å². The molecule has 0 saturated heterocycles. The number of hydrogen-bond donors (Lipinski definition) is 1. The maximum absolute atomic E-state index is 13.2. The van der Waals surface area contributed by atoms with Gasteiger partial charge in [-0.2, -0.15) is 4.39 Å². The first-order valence-electron chi connectivity index (χ1n) is 4.07. The number of allylic oxidation sites excluding steroid dienone is 1. The van der Waals surface area contributed by atoms with E-state index in [4.69, 9.17) is 5.73 Å². The summed E-state index contributed by atoms with van der Waals surface area (Å²) in [6.07, 6.45) is 4.32. The molecule has 3 nitrogen and oxygen atoms in total. The van der Waals surface area contributed by atoms with Crippen molar-refractivity contribution >= 4 is 32.0 Å². The van der Waals surface area contributed by atoms with Crippen molar-refractivity contribution in [1.82, 2.24) is 4.98 Å². The van der Waals surface area contributed by atoms with E-state index in [9.17, 15) is 4.39 Å². The van der Waals surface area contributed by atoms with E-state index in [0.29, 0.717) is 3.72 Å². The summed E-state index contributed by atoms with van der Waals surface area (Å²) in [6, 6.07) is 3.18. The predicted octanol–water partition coefficient (Wildman–Crippen LogP) is 2.50. The molecular weight excluding hydrogens is 308 g/mol. The van der Waals surface area contributed by atoms with Gasteiger partial charge < -0.3 is 5.73 Å². The highest BCUT2D eigenvalue weighted by atomic mass is 127. The van der Waals surface area contributed by atoms with Crippen LogP contribution in [0.4, 0.5) is 4.39 Å².